The summed E-state index contributed by atoms with van der Waals surface area (Å²) in [5.41, 5.74) is 9.70. The van der Waals surface area contributed by atoms with Crippen molar-refractivity contribution in [1.29, 1.82) is 5.26 Å². The number of carbonyl (C=O) groups is 2. The van der Waals surface area contributed by atoms with Crippen molar-refractivity contribution in [3.05, 3.63) is 29.3 Å². The minimum atomic E-state index is -0.707. The van der Waals surface area contributed by atoms with Gasteiger partial charge in [0.15, 0.2) is 0 Å². The summed E-state index contributed by atoms with van der Waals surface area (Å²) in [5.74, 6) is 1.03. The number of piperidine rings is 1. The second-order valence-electron chi connectivity index (χ2n) is 10.6. The SMILES string of the molecule is N#C[C@@H]1C[C@@H]2CC2N1C(=O)[C@@H](N)CN1C[C@@H]2C[C@H]1C(=O)N2[C@@H]1CCc2cc(-c3nn[nH]n3)ccc21. The van der Waals surface area contributed by atoms with Crippen molar-refractivity contribution < 1.29 is 9.59 Å². The van der Waals surface area contributed by atoms with E-state index in [0.717, 1.165) is 44.2 Å². The van der Waals surface area contributed by atoms with Crippen LogP contribution in [0.5, 0.6) is 0 Å². The van der Waals surface area contributed by atoms with Crippen LogP contribution in [0.2, 0.25) is 0 Å². The van der Waals surface area contributed by atoms with Crippen molar-refractivity contribution in [3.63, 3.8) is 0 Å². The molecule has 2 bridgehead atoms. The Morgan fingerprint density at radius 1 is 1.29 bits per heavy atom. The Morgan fingerprint density at radius 3 is 2.94 bits per heavy atom. The van der Waals surface area contributed by atoms with E-state index in [1.165, 1.54) is 11.1 Å². The van der Waals surface area contributed by atoms with E-state index in [2.05, 4.69) is 48.6 Å². The Morgan fingerprint density at radius 2 is 2.17 bits per heavy atom. The zero-order chi connectivity index (χ0) is 23.8. The lowest BCUT2D eigenvalue weighted by atomic mass is 10.0. The molecule has 11 nitrogen and oxygen atoms in total. The summed E-state index contributed by atoms with van der Waals surface area (Å²) in [6.45, 7) is 1.10. The molecule has 4 fully saturated rings. The van der Waals surface area contributed by atoms with Crippen LogP contribution < -0.4 is 5.73 Å². The highest BCUT2D eigenvalue weighted by molar-refractivity contribution is 5.87. The van der Waals surface area contributed by atoms with Gasteiger partial charge < -0.3 is 15.5 Å². The van der Waals surface area contributed by atoms with E-state index < -0.39 is 6.04 Å². The molecule has 35 heavy (non-hydrogen) atoms. The smallest absolute Gasteiger partial charge is 0.242 e. The van der Waals surface area contributed by atoms with Gasteiger partial charge in [0, 0.05) is 30.7 Å². The summed E-state index contributed by atoms with van der Waals surface area (Å²) in [6.07, 6.45) is 4.35. The highest BCUT2D eigenvalue weighted by Gasteiger charge is 2.56. The number of aryl methyl sites for hydroxylation is 1. The fourth-order valence-electron chi connectivity index (χ4n) is 7.02. The first-order chi connectivity index (χ1) is 17.0. The van der Waals surface area contributed by atoms with Gasteiger partial charge in [-0.25, -0.2) is 0 Å². The van der Waals surface area contributed by atoms with Crippen molar-refractivity contribution >= 4 is 11.8 Å². The number of likely N-dealkylation sites (tertiary alicyclic amines) is 3. The van der Waals surface area contributed by atoms with Gasteiger partial charge in [-0.05, 0) is 60.4 Å². The molecule has 7 atom stereocenters. The molecule has 1 unspecified atom stereocenters. The van der Waals surface area contributed by atoms with E-state index in [0.29, 0.717) is 18.3 Å². The number of rotatable bonds is 5. The zero-order valence-corrected chi connectivity index (χ0v) is 19.2. The summed E-state index contributed by atoms with van der Waals surface area (Å²) in [4.78, 5) is 32.4. The molecular formula is C24H27N9O2. The van der Waals surface area contributed by atoms with Crippen LogP contribution in [-0.2, 0) is 16.0 Å². The standard InChI is InChI=1S/C24H27N9O2/c25-9-15-6-14-7-20(14)32(15)23(34)18(26)11-31-10-16-8-21(31)24(35)33(16)19-4-2-12-5-13(1-3-17(12)19)22-27-29-30-28-22/h1,3,5,14-16,18-21H,2,4,6-8,10-11,26H2,(H,27,28,29,30)/t14-,15+,16+,18+,19-,20?,21+/m1/s1. The van der Waals surface area contributed by atoms with Crippen molar-refractivity contribution in [2.24, 2.45) is 11.7 Å². The number of piperazine rings is 1. The molecule has 11 heteroatoms. The van der Waals surface area contributed by atoms with Crippen LogP contribution in [0.1, 0.15) is 42.9 Å². The van der Waals surface area contributed by atoms with Crippen LogP contribution in [0.3, 0.4) is 0 Å². The predicted molar refractivity (Wildman–Crippen MR) is 122 cm³/mol. The van der Waals surface area contributed by atoms with E-state index in [1.807, 2.05) is 6.07 Å². The highest BCUT2D eigenvalue weighted by Crippen LogP contribution is 2.48. The van der Waals surface area contributed by atoms with Gasteiger partial charge in [-0.15, -0.1) is 10.2 Å². The lowest BCUT2D eigenvalue weighted by Gasteiger charge is -2.38. The number of aromatic nitrogens is 4. The number of hydrogen-bond donors (Lipinski definition) is 2. The summed E-state index contributed by atoms with van der Waals surface area (Å²) in [6, 6.07) is 7.57. The van der Waals surface area contributed by atoms with Crippen LogP contribution in [0, 0.1) is 17.2 Å². The molecule has 3 N–H and O–H groups in total. The monoisotopic (exact) mass is 473 g/mol. The Labute approximate surface area is 202 Å². The number of benzene rings is 1. The minimum Gasteiger partial charge on any atom is -0.330 e. The quantitative estimate of drug-likeness (QED) is 0.616. The lowest BCUT2D eigenvalue weighted by Crippen LogP contribution is -2.57. The third kappa shape index (κ3) is 3.13. The number of hydrogen-bond acceptors (Lipinski definition) is 8. The second-order valence-corrected chi connectivity index (χ2v) is 10.6. The Bertz CT molecular complexity index is 1240. The number of carbonyl (C=O) groups excluding carboxylic acids is 2. The molecule has 7 rings (SSSR count). The molecule has 0 spiro atoms. The lowest BCUT2D eigenvalue weighted by molar-refractivity contribution is -0.141. The molecule has 0 radical (unpaired) electrons. The van der Waals surface area contributed by atoms with E-state index in [1.54, 1.807) is 4.90 Å². The molecule has 180 valence electrons. The number of nitrogens with two attached hydrogens (primary N) is 1. The second kappa shape index (κ2) is 7.57. The van der Waals surface area contributed by atoms with E-state index >= 15 is 0 Å². The summed E-state index contributed by atoms with van der Waals surface area (Å²) in [7, 11) is 0. The molecule has 3 saturated heterocycles. The maximum Gasteiger partial charge on any atom is 0.242 e. The largest absolute Gasteiger partial charge is 0.330 e. The number of H-pyrrole nitrogens is 1. The topological polar surface area (TPSA) is 148 Å². The maximum atomic E-state index is 13.5. The summed E-state index contributed by atoms with van der Waals surface area (Å²) in [5, 5.41) is 23.7. The van der Waals surface area contributed by atoms with Crippen molar-refractivity contribution in [1.82, 2.24) is 35.3 Å². The predicted octanol–water partition coefficient (Wildman–Crippen LogP) is -0.0206. The summed E-state index contributed by atoms with van der Waals surface area (Å²) >= 11 is 0. The normalized spacial score (nSPS) is 33.7. The highest BCUT2D eigenvalue weighted by atomic mass is 16.2. The number of nitrogens with zero attached hydrogens (tertiary/aromatic N) is 7. The molecule has 2 amide bonds. The number of nitrogens with one attached hydrogen (secondary N) is 1. The average Bonchev–Trinajstić information content (AvgIpc) is 3.43. The van der Waals surface area contributed by atoms with Crippen LogP contribution in [-0.4, -0.2) is 90.4 Å². The van der Waals surface area contributed by atoms with E-state index in [9.17, 15) is 14.9 Å². The third-order valence-electron chi connectivity index (χ3n) is 8.70. The van der Waals surface area contributed by atoms with Crippen LogP contribution in [0.15, 0.2) is 18.2 Å². The molecular weight excluding hydrogens is 446 g/mol. The Balaban J connectivity index is 1.03. The van der Waals surface area contributed by atoms with Gasteiger partial charge in [-0.1, -0.05) is 12.1 Å². The van der Waals surface area contributed by atoms with Crippen LogP contribution >= 0.6 is 0 Å². The fraction of sp³-hybridized carbons (Fsp3) is 0.583. The summed E-state index contributed by atoms with van der Waals surface area (Å²) < 4.78 is 0. The molecule has 2 aromatic rings. The Hall–Kier alpha value is -3.36. The van der Waals surface area contributed by atoms with E-state index in [-0.39, 0.29) is 42.0 Å². The van der Waals surface area contributed by atoms with Gasteiger partial charge in [0.2, 0.25) is 17.6 Å². The first-order valence-electron chi connectivity index (χ1n) is 12.4. The molecule has 1 saturated carbocycles. The molecule has 1 aromatic heterocycles. The number of tetrazole rings is 1. The molecule has 3 aliphatic heterocycles. The van der Waals surface area contributed by atoms with Crippen LogP contribution in [0.4, 0.5) is 0 Å². The van der Waals surface area contributed by atoms with Crippen molar-refractivity contribution in [2.75, 3.05) is 13.1 Å². The Kier molecular flexibility index (Phi) is 4.53. The molecule has 5 aliphatic rings. The van der Waals surface area contributed by atoms with Gasteiger partial charge in [0.05, 0.1) is 24.2 Å². The number of amides is 2. The minimum absolute atomic E-state index is 0.0806. The van der Waals surface area contributed by atoms with E-state index in [4.69, 9.17) is 5.73 Å². The number of fused-ring (bicyclic) bond motifs is 4. The first kappa shape index (κ1) is 21.0. The molecule has 2 aliphatic carbocycles. The van der Waals surface area contributed by atoms with Gasteiger partial charge in [0.25, 0.3) is 0 Å². The van der Waals surface area contributed by atoms with Gasteiger partial charge >= 0.3 is 0 Å². The molecule has 4 heterocycles. The van der Waals surface area contributed by atoms with Gasteiger partial charge in [0.1, 0.15) is 6.04 Å². The first-order valence-corrected chi connectivity index (χ1v) is 12.4. The molecule has 1 aromatic carbocycles. The zero-order valence-electron chi connectivity index (χ0n) is 19.2. The van der Waals surface area contributed by atoms with Gasteiger partial charge in [-0.2, -0.15) is 10.5 Å². The van der Waals surface area contributed by atoms with Crippen molar-refractivity contribution in [3.8, 4) is 17.5 Å². The number of nitriles is 1. The van der Waals surface area contributed by atoms with Crippen LogP contribution in [0.25, 0.3) is 11.4 Å². The fourth-order valence-corrected chi connectivity index (χ4v) is 7.02. The average molecular weight is 474 g/mol. The maximum absolute atomic E-state index is 13.5. The van der Waals surface area contributed by atoms with Crippen molar-refractivity contribution in [2.45, 2.75) is 68.4 Å². The van der Waals surface area contributed by atoms with Gasteiger partial charge in [-0.3, -0.25) is 14.5 Å². The number of aromatic amines is 1. The third-order valence-corrected chi connectivity index (χ3v) is 8.70.